The van der Waals surface area contributed by atoms with Gasteiger partial charge in [-0.3, -0.25) is 4.99 Å². The Bertz CT molecular complexity index is 643. The molecule has 9 heteroatoms. The molecule has 2 heterocycles. The van der Waals surface area contributed by atoms with Crippen molar-refractivity contribution < 1.29 is 8.42 Å². The monoisotopic (exact) mass is 521 g/mol. The fraction of sp³-hybridized carbons (Fsp3) is 0.615. The summed E-state index contributed by atoms with van der Waals surface area (Å²) in [6.07, 6.45) is 0. The summed E-state index contributed by atoms with van der Waals surface area (Å²) in [6, 6.07) is 2.07. The van der Waals surface area contributed by atoms with E-state index in [1.807, 2.05) is 10.3 Å². The van der Waals surface area contributed by atoms with E-state index in [1.165, 1.54) is 4.88 Å². The number of nitrogens with one attached hydrogen (secondary N) is 1. The summed E-state index contributed by atoms with van der Waals surface area (Å²) in [5.41, 5.74) is 0. The third kappa shape index (κ3) is 4.57. The SMILES string of the molecule is CN=C(NCc1cc(Br)cs1)N1CCS(=O)(=O)C(C)(C)C1.I. The van der Waals surface area contributed by atoms with Crippen LogP contribution in [0.4, 0.5) is 0 Å². The fourth-order valence-corrected chi connectivity index (χ4v) is 5.03. The highest BCUT2D eigenvalue weighted by molar-refractivity contribution is 14.0. The van der Waals surface area contributed by atoms with Crippen molar-refractivity contribution in [3.8, 4) is 0 Å². The van der Waals surface area contributed by atoms with Crippen LogP contribution in [-0.4, -0.2) is 49.9 Å². The van der Waals surface area contributed by atoms with Gasteiger partial charge in [0.1, 0.15) is 0 Å². The standard InChI is InChI=1S/C13H20BrN3O2S2.HI/c1-13(2)9-17(4-5-21(13,18)19)12(15-3)16-7-11-6-10(14)8-20-11;/h6,8H,4-5,7,9H2,1-3H3,(H,15,16);1H. The maximum atomic E-state index is 12.1. The van der Waals surface area contributed by atoms with Crippen LogP contribution >= 0.6 is 51.2 Å². The van der Waals surface area contributed by atoms with Gasteiger partial charge in [-0.05, 0) is 35.8 Å². The van der Waals surface area contributed by atoms with E-state index in [1.54, 1.807) is 32.2 Å². The molecule has 0 unspecified atom stereocenters. The van der Waals surface area contributed by atoms with E-state index in [0.29, 0.717) is 19.6 Å². The summed E-state index contributed by atoms with van der Waals surface area (Å²) in [5, 5.41) is 5.34. The third-order valence-corrected chi connectivity index (χ3v) is 7.83. The van der Waals surface area contributed by atoms with Gasteiger partial charge in [-0.1, -0.05) is 0 Å². The molecule has 0 spiro atoms. The van der Waals surface area contributed by atoms with Crippen molar-refractivity contribution in [1.29, 1.82) is 0 Å². The summed E-state index contributed by atoms with van der Waals surface area (Å²) < 4.78 is 24.4. The molecular formula is C13H21BrIN3O2S2. The number of guanidine groups is 1. The molecule has 1 aliphatic heterocycles. The summed E-state index contributed by atoms with van der Waals surface area (Å²) in [6.45, 7) is 5.19. The van der Waals surface area contributed by atoms with Crippen molar-refractivity contribution >= 4 is 67.0 Å². The van der Waals surface area contributed by atoms with Gasteiger partial charge in [-0.25, -0.2) is 8.42 Å². The minimum Gasteiger partial charge on any atom is -0.351 e. The van der Waals surface area contributed by atoms with E-state index in [-0.39, 0.29) is 29.7 Å². The van der Waals surface area contributed by atoms with Gasteiger partial charge in [0.15, 0.2) is 15.8 Å². The Morgan fingerprint density at radius 2 is 2.23 bits per heavy atom. The maximum Gasteiger partial charge on any atom is 0.194 e. The highest BCUT2D eigenvalue weighted by atomic mass is 127. The van der Waals surface area contributed by atoms with Gasteiger partial charge in [-0.15, -0.1) is 35.3 Å². The van der Waals surface area contributed by atoms with Crippen LogP contribution in [0, 0.1) is 0 Å². The Kier molecular flexibility index (Phi) is 7.15. The Labute approximate surface area is 161 Å². The highest BCUT2D eigenvalue weighted by Gasteiger charge is 2.40. The number of hydrogen-bond acceptors (Lipinski definition) is 4. The molecule has 1 aliphatic rings. The number of sulfone groups is 1. The summed E-state index contributed by atoms with van der Waals surface area (Å²) in [5.74, 6) is 0.924. The van der Waals surface area contributed by atoms with Gasteiger partial charge >= 0.3 is 0 Å². The lowest BCUT2D eigenvalue weighted by Gasteiger charge is -2.39. The van der Waals surface area contributed by atoms with Gasteiger partial charge in [0, 0.05) is 34.9 Å². The summed E-state index contributed by atoms with van der Waals surface area (Å²) in [4.78, 5) is 7.49. The molecule has 22 heavy (non-hydrogen) atoms. The molecule has 1 aromatic heterocycles. The van der Waals surface area contributed by atoms with Crippen molar-refractivity contribution in [2.45, 2.75) is 25.1 Å². The molecule has 1 N–H and O–H groups in total. The van der Waals surface area contributed by atoms with E-state index in [2.05, 4.69) is 32.3 Å². The van der Waals surface area contributed by atoms with Gasteiger partial charge in [0.2, 0.25) is 0 Å². The predicted octanol–water partition coefficient (Wildman–Crippen LogP) is 2.71. The van der Waals surface area contributed by atoms with E-state index >= 15 is 0 Å². The zero-order valence-electron chi connectivity index (χ0n) is 12.8. The highest BCUT2D eigenvalue weighted by Crippen LogP contribution is 2.24. The van der Waals surface area contributed by atoms with Crippen LogP contribution in [0.1, 0.15) is 18.7 Å². The smallest absolute Gasteiger partial charge is 0.194 e. The molecule has 126 valence electrons. The molecule has 5 nitrogen and oxygen atoms in total. The van der Waals surface area contributed by atoms with E-state index in [9.17, 15) is 8.42 Å². The summed E-state index contributed by atoms with van der Waals surface area (Å²) in [7, 11) is -1.30. The molecule has 1 fully saturated rings. The average molecular weight is 522 g/mol. The van der Waals surface area contributed by atoms with Crippen LogP contribution in [0.15, 0.2) is 20.9 Å². The predicted molar refractivity (Wildman–Crippen MR) is 107 cm³/mol. The minimum absolute atomic E-state index is 0. The fourth-order valence-electron chi connectivity index (χ4n) is 2.27. The quantitative estimate of drug-likeness (QED) is 0.369. The van der Waals surface area contributed by atoms with Crippen molar-refractivity contribution in [3.63, 3.8) is 0 Å². The van der Waals surface area contributed by atoms with Crippen molar-refractivity contribution in [1.82, 2.24) is 10.2 Å². The summed E-state index contributed by atoms with van der Waals surface area (Å²) >= 11 is 5.10. The Balaban J connectivity index is 0.00000242. The molecule has 0 aromatic carbocycles. The van der Waals surface area contributed by atoms with E-state index < -0.39 is 14.6 Å². The Morgan fingerprint density at radius 3 is 2.73 bits per heavy atom. The third-order valence-electron chi connectivity index (χ3n) is 3.60. The molecule has 0 aliphatic carbocycles. The van der Waals surface area contributed by atoms with Crippen molar-refractivity contribution in [3.05, 3.63) is 20.8 Å². The lowest BCUT2D eigenvalue weighted by Crippen LogP contribution is -2.57. The van der Waals surface area contributed by atoms with Gasteiger partial charge in [0.05, 0.1) is 17.0 Å². The van der Waals surface area contributed by atoms with Crippen LogP contribution in [0.5, 0.6) is 0 Å². The van der Waals surface area contributed by atoms with Gasteiger partial charge < -0.3 is 10.2 Å². The molecule has 0 amide bonds. The first-order valence-electron chi connectivity index (χ1n) is 6.66. The Morgan fingerprint density at radius 1 is 1.55 bits per heavy atom. The number of halogens is 2. The first-order chi connectivity index (χ1) is 9.75. The molecule has 0 radical (unpaired) electrons. The number of aliphatic imine (C=N–C) groups is 1. The van der Waals surface area contributed by atoms with Crippen molar-refractivity contribution in [2.24, 2.45) is 4.99 Å². The second-order valence-electron chi connectivity index (χ2n) is 5.63. The van der Waals surface area contributed by atoms with E-state index in [4.69, 9.17) is 0 Å². The second kappa shape index (κ2) is 7.80. The maximum absolute atomic E-state index is 12.1. The van der Waals surface area contributed by atoms with Gasteiger partial charge in [0.25, 0.3) is 0 Å². The second-order valence-corrected chi connectivity index (χ2v) is 10.3. The topological polar surface area (TPSA) is 61.8 Å². The van der Waals surface area contributed by atoms with E-state index in [0.717, 1.165) is 10.4 Å². The molecule has 0 saturated carbocycles. The van der Waals surface area contributed by atoms with Crippen molar-refractivity contribution in [2.75, 3.05) is 25.9 Å². The molecular weight excluding hydrogens is 501 g/mol. The zero-order chi connectivity index (χ0) is 15.7. The van der Waals surface area contributed by atoms with Crippen LogP contribution in [0.3, 0.4) is 0 Å². The van der Waals surface area contributed by atoms with Crippen LogP contribution < -0.4 is 5.32 Å². The lowest BCUT2D eigenvalue weighted by atomic mass is 10.2. The lowest BCUT2D eigenvalue weighted by molar-refractivity contribution is 0.353. The minimum atomic E-state index is -3.03. The van der Waals surface area contributed by atoms with Gasteiger partial charge in [-0.2, -0.15) is 0 Å². The normalized spacial score (nSPS) is 20.4. The molecule has 1 aromatic rings. The molecule has 2 rings (SSSR count). The van der Waals surface area contributed by atoms with Crippen LogP contribution in [0.2, 0.25) is 0 Å². The molecule has 0 atom stereocenters. The van der Waals surface area contributed by atoms with Crippen LogP contribution in [-0.2, 0) is 16.4 Å². The van der Waals surface area contributed by atoms with Crippen LogP contribution in [0.25, 0.3) is 0 Å². The molecule has 0 bridgehead atoms. The number of rotatable bonds is 2. The number of nitrogens with zero attached hydrogens (tertiary/aromatic N) is 2. The Hall–Kier alpha value is 0.130. The number of thiophene rings is 1. The first-order valence-corrected chi connectivity index (χ1v) is 9.98. The zero-order valence-corrected chi connectivity index (χ0v) is 18.3. The molecule has 1 saturated heterocycles. The first kappa shape index (κ1) is 20.2. The number of hydrogen-bond donors (Lipinski definition) is 1. The average Bonchev–Trinajstić information content (AvgIpc) is 2.80. The largest absolute Gasteiger partial charge is 0.351 e.